The van der Waals surface area contributed by atoms with Gasteiger partial charge in [0.2, 0.25) is 5.75 Å². The molecule has 0 aliphatic rings. The monoisotopic (exact) mass is 399 g/mol. The van der Waals surface area contributed by atoms with E-state index in [1.165, 1.54) is 44.5 Å². The van der Waals surface area contributed by atoms with Crippen molar-refractivity contribution in [3.8, 4) is 28.5 Å². The average molecular weight is 399 g/mol. The molecule has 29 heavy (non-hydrogen) atoms. The Kier molecular flexibility index (Phi) is 6.12. The van der Waals surface area contributed by atoms with Crippen molar-refractivity contribution in [2.24, 2.45) is 0 Å². The number of nitrogens with zero attached hydrogens (tertiary/aromatic N) is 3. The molecule has 0 saturated heterocycles. The molecule has 1 aromatic carbocycles. The molecule has 10 heteroatoms. The molecule has 2 heterocycles. The fourth-order valence-corrected chi connectivity index (χ4v) is 2.75. The SMILES string of the molecule is COc1cc(-c2cc(C(=O)NCCn3cnccc3=O)[nH]n2)cc(OC)c1OC. The Morgan fingerprint density at radius 1 is 1.14 bits per heavy atom. The van der Waals surface area contributed by atoms with Gasteiger partial charge >= 0.3 is 0 Å². The lowest BCUT2D eigenvalue weighted by Crippen LogP contribution is -2.30. The van der Waals surface area contributed by atoms with Crippen LogP contribution in [0.5, 0.6) is 17.2 Å². The van der Waals surface area contributed by atoms with Gasteiger partial charge in [-0.1, -0.05) is 0 Å². The van der Waals surface area contributed by atoms with E-state index in [4.69, 9.17) is 14.2 Å². The van der Waals surface area contributed by atoms with E-state index in [2.05, 4.69) is 20.5 Å². The highest BCUT2D eigenvalue weighted by molar-refractivity contribution is 5.93. The molecule has 3 rings (SSSR count). The van der Waals surface area contributed by atoms with Gasteiger partial charge in [-0.2, -0.15) is 5.10 Å². The topological polar surface area (TPSA) is 120 Å². The minimum atomic E-state index is -0.340. The molecular formula is C19H21N5O5. The predicted octanol–water partition coefficient (Wildman–Crippen LogP) is 1.09. The molecule has 1 amide bonds. The number of carbonyl (C=O) groups excluding carboxylic acids is 1. The second kappa shape index (κ2) is 8.91. The Balaban J connectivity index is 1.72. The Morgan fingerprint density at radius 2 is 1.86 bits per heavy atom. The van der Waals surface area contributed by atoms with E-state index in [9.17, 15) is 9.59 Å². The van der Waals surface area contributed by atoms with E-state index in [0.29, 0.717) is 35.1 Å². The van der Waals surface area contributed by atoms with Crippen LogP contribution in [0.15, 0.2) is 41.6 Å². The standard InChI is InChI=1S/C19H21N5O5/c1-27-15-8-12(9-16(28-2)18(15)29-3)13-10-14(23-22-13)19(26)21-6-7-24-11-20-5-4-17(24)25/h4-5,8-11H,6-7H2,1-3H3,(H,21,26)(H,22,23). The highest BCUT2D eigenvalue weighted by Crippen LogP contribution is 2.40. The summed E-state index contributed by atoms with van der Waals surface area (Å²) in [5.41, 5.74) is 1.34. The highest BCUT2D eigenvalue weighted by Gasteiger charge is 2.17. The van der Waals surface area contributed by atoms with Crippen LogP contribution < -0.4 is 25.1 Å². The fourth-order valence-electron chi connectivity index (χ4n) is 2.75. The van der Waals surface area contributed by atoms with Crippen LogP contribution in [0.4, 0.5) is 0 Å². The first-order valence-corrected chi connectivity index (χ1v) is 8.71. The number of hydrogen-bond acceptors (Lipinski definition) is 7. The zero-order valence-electron chi connectivity index (χ0n) is 16.3. The van der Waals surface area contributed by atoms with E-state index in [0.717, 1.165) is 0 Å². The van der Waals surface area contributed by atoms with Crippen molar-refractivity contribution in [2.45, 2.75) is 6.54 Å². The molecule has 2 aromatic heterocycles. The van der Waals surface area contributed by atoms with Crippen molar-refractivity contribution < 1.29 is 19.0 Å². The normalized spacial score (nSPS) is 10.4. The maximum absolute atomic E-state index is 12.4. The van der Waals surface area contributed by atoms with E-state index in [1.54, 1.807) is 18.2 Å². The number of H-pyrrole nitrogens is 1. The lowest BCUT2D eigenvalue weighted by Gasteiger charge is -2.13. The molecule has 0 atom stereocenters. The smallest absolute Gasteiger partial charge is 0.269 e. The van der Waals surface area contributed by atoms with E-state index >= 15 is 0 Å². The number of nitrogens with one attached hydrogen (secondary N) is 2. The van der Waals surface area contributed by atoms with Gasteiger partial charge in [0, 0.05) is 30.9 Å². The number of carbonyl (C=O) groups is 1. The van der Waals surface area contributed by atoms with Crippen LogP contribution >= 0.6 is 0 Å². The number of aromatic amines is 1. The number of rotatable bonds is 8. The molecule has 0 radical (unpaired) electrons. The minimum absolute atomic E-state index is 0.180. The third kappa shape index (κ3) is 4.37. The van der Waals surface area contributed by atoms with Crippen LogP contribution in [0, 0.1) is 0 Å². The van der Waals surface area contributed by atoms with Gasteiger partial charge in [-0.3, -0.25) is 19.3 Å². The Hall–Kier alpha value is -3.82. The molecule has 0 aliphatic heterocycles. The number of hydrogen-bond donors (Lipinski definition) is 2. The van der Waals surface area contributed by atoms with Gasteiger partial charge < -0.3 is 19.5 Å². The first kappa shape index (κ1) is 19.9. The lowest BCUT2D eigenvalue weighted by atomic mass is 10.1. The van der Waals surface area contributed by atoms with Crippen LogP contribution in [0.25, 0.3) is 11.3 Å². The summed E-state index contributed by atoms with van der Waals surface area (Å²) < 4.78 is 17.4. The molecule has 10 nitrogen and oxygen atoms in total. The molecule has 0 bridgehead atoms. The van der Waals surface area contributed by atoms with Gasteiger partial charge in [-0.25, -0.2) is 4.98 Å². The molecule has 152 valence electrons. The van der Waals surface area contributed by atoms with Crippen molar-refractivity contribution in [1.82, 2.24) is 25.1 Å². The maximum Gasteiger partial charge on any atom is 0.269 e. The summed E-state index contributed by atoms with van der Waals surface area (Å²) in [7, 11) is 4.58. The average Bonchev–Trinajstić information content (AvgIpc) is 3.24. The Bertz CT molecular complexity index is 1030. The quantitative estimate of drug-likeness (QED) is 0.582. The van der Waals surface area contributed by atoms with Crippen LogP contribution in [0.3, 0.4) is 0 Å². The van der Waals surface area contributed by atoms with Crippen LogP contribution in [-0.2, 0) is 6.54 Å². The highest BCUT2D eigenvalue weighted by atomic mass is 16.5. The van der Waals surface area contributed by atoms with Crippen molar-refractivity contribution >= 4 is 5.91 Å². The number of benzene rings is 1. The van der Waals surface area contributed by atoms with Gasteiger partial charge in [-0.05, 0) is 18.2 Å². The molecule has 0 saturated carbocycles. The molecule has 2 N–H and O–H groups in total. The summed E-state index contributed by atoms with van der Waals surface area (Å²) in [6, 6.07) is 6.47. The molecule has 0 unspecified atom stereocenters. The van der Waals surface area contributed by atoms with Gasteiger partial charge in [0.1, 0.15) is 5.69 Å². The zero-order chi connectivity index (χ0) is 20.8. The third-order valence-corrected chi connectivity index (χ3v) is 4.21. The molecule has 0 fully saturated rings. The minimum Gasteiger partial charge on any atom is -0.493 e. The molecular weight excluding hydrogens is 378 g/mol. The van der Waals surface area contributed by atoms with Gasteiger partial charge in [0.25, 0.3) is 11.5 Å². The summed E-state index contributed by atoms with van der Waals surface area (Å²) in [4.78, 5) is 27.9. The van der Waals surface area contributed by atoms with E-state index in [1.807, 2.05) is 0 Å². The number of aromatic nitrogens is 4. The number of methoxy groups -OCH3 is 3. The largest absolute Gasteiger partial charge is 0.493 e. The van der Waals surface area contributed by atoms with E-state index < -0.39 is 0 Å². The van der Waals surface area contributed by atoms with Gasteiger partial charge in [0.05, 0.1) is 33.4 Å². The summed E-state index contributed by atoms with van der Waals surface area (Å²) >= 11 is 0. The first-order chi connectivity index (χ1) is 14.1. The molecule has 0 spiro atoms. The van der Waals surface area contributed by atoms with Crippen LogP contribution in [0.2, 0.25) is 0 Å². The number of amides is 1. The lowest BCUT2D eigenvalue weighted by molar-refractivity contribution is 0.0947. The summed E-state index contributed by atoms with van der Waals surface area (Å²) in [5.74, 6) is 1.10. The Morgan fingerprint density at radius 3 is 2.48 bits per heavy atom. The molecule has 3 aromatic rings. The summed E-state index contributed by atoms with van der Waals surface area (Å²) in [6.07, 6.45) is 2.85. The second-order valence-electron chi connectivity index (χ2n) is 5.95. The Labute approximate surface area is 166 Å². The van der Waals surface area contributed by atoms with Crippen molar-refractivity contribution in [3.63, 3.8) is 0 Å². The predicted molar refractivity (Wildman–Crippen MR) is 105 cm³/mol. The van der Waals surface area contributed by atoms with E-state index in [-0.39, 0.29) is 23.7 Å². The zero-order valence-corrected chi connectivity index (χ0v) is 16.3. The first-order valence-electron chi connectivity index (χ1n) is 8.71. The second-order valence-corrected chi connectivity index (χ2v) is 5.95. The molecule has 0 aliphatic carbocycles. The van der Waals surface area contributed by atoms with Gasteiger partial charge in [0.15, 0.2) is 11.5 Å². The van der Waals surface area contributed by atoms with Crippen molar-refractivity contribution in [2.75, 3.05) is 27.9 Å². The van der Waals surface area contributed by atoms with Gasteiger partial charge in [-0.15, -0.1) is 0 Å². The summed E-state index contributed by atoms with van der Waals surface area (Å²) in [6.45, 7) is 0.579. The fraction of sp³-hybridized carbons (Fsp3) is 0.263. The number of ether oxygens (including phenoxy) is 3. The maximum atomic E-state index is 12.4. The summed E-state index contributed by atoms with van der Waals surface area (Å²) in [5, 5.41) is 9.64. The van der Waals surface area contributed by atoms with Crippen molar-refractivity contribution in [1.29, 1.82) is 0 Å². The van der Waals surface area contributed by atoms with Crippen molar-refractivity contribution in [3.05, 3.63) is 52.8 Å². The third-order valence-electron chi connectivity index (χ3n) is 4.21. The van der Waals surface area contributed by atoms with Crippen LogP contribution in [0.1, 0.15) is 10.5 Å². The van der Waals surface area contributed by atoms with Crippen LogP contribution in [-0.4, -0.2) is 53.5 Å².